The predicted molar refractivity (Wildman–Crippen MR) is 58.5 cm³/mol. The fraction of sp³-hybridized carbons (Fsp3) is 0.125. The lowest BCUT2D eigenvalue weighted by molar-refractivity contribution is -0.135. The van der Waals surface area contributed by atoms with Crippen LogP contribution < -0.4 is 0 Å². The average Bonchev–Trinajstić information content (AvgIpc) is 2.08. The summed E-state index contributed by atoms with van der Waals surface area (Å²) in [5, 5.41) is 16.2. The monoisotopic (exact) mass is 266 g/mol. The summed E-state index contributed by atoms with van der Waals surface area (Å²) in [7, 11) is 0. The first-order valence-electron chi connectivity index (χ1n) is 3.74. The second-order valence-corrected chi connectivity index (χ2v) is 3.76. The Hall–Kier alpha value is -0.840. The number of halogens is 3. The van der Waals surface area contributed by atoms with Gasteiger partial charge in [-0.25, -0.2) is 0 Å². The Bertz CT molecular complexity index is 397. The molecule has 0 unspecified atom stereocenters. The van der Waals surface area contributed by atoms with Gasteiger partial charge in [0.05, 0.1) is 10.0 Å². The van der Waals surface area contributed by atoms with Gasteiger partial charge in [-0.1, -0.05) is 34.8 Å². The van der Waals surface area contributed by atoms with Crippen molar-refractivity contribution in [3.8, 4) is 0 Å². The SMILES string of the molecule is O=C(O)CN=Nc1c(Cl)cc(Cl)cc1Cl. The minimum absolute atomic E-state index is 0.212. The predicted octanol–water partition coefficient (Wildman–Crippen LogP) is 3.82. The third-order valence-corrected chi connectivity index (χ3v) is 2.15. The molecule has 0 saturated carbocycles. The number of carboxylic acid groups (broad SMARTS) is 1. The Morgan fingerprint density at radius 2 is 1.80 bits per heavy atom. The van der Waals surface area contributed by atoms with E-state index in [1.165, 1.54) is 12.1 Å². The molecule has 0 aliphatic carbocycles. The molecule has 0 bridgehead atoms. The smallest absolute Gasteiger partial charge is 0.327 e. The van der Waals surface area contributed by atoms with E-state index in [1.54, 1.807) is 0 Å². The highest BCUT2D eigenvalue weighted by atomic mass is 35.5. The quantitative estimate of drug-likeness (QED) is 0.846. The molecule has 1 rings (SSSR count). The third-order valence-electron chi connectivity index (χ3n) is 1.36. The van der Waals surface area contributed by atoms with Crippen LogP contribution in [-0.4, -0.2) is 17.6 Å². The van der Waals surface area contributed by atoms with E-state index >= 15 is 0 Å². The maximum atomic E-state index is 10.2. The van der Waals surface area contributed by atoms with Crippen molar-refractivity contribution in [2.24, 2.45) is 10.2 Å². The van der Waals surface area contributed by atoms with E-state index < -0.39 is 12.5 Å². The van der Waals surface area contributed by atoms with E-state index in [2.05, 4.69) is 10.2 Å². The van der Waals surface area contributed by atoms with E-state index in [-0.39, 0.29) is 15.7 Å². The van der Waals surface area contributed by atoms with Crippen LogP contribution in [0, 0.1) is 0 Å². The summed E-state index contributed by atoms with van der Waals surface area (Å²) in [6.45, 7) is -0.435. The van der Waals surface area contributed by atoms with Gasteiger partial charge in [-0.2, -0.15) is 10.2 Å². The normalized spacial score (nSPS) is 10.9. The van der Waals surface area contributed by atoms with Crippen molar-refractivity contribution < 1.29 is 9.90 Å². The molecule has 0 aliphatic heterocycles. The highest BCUT2D eigenvalue weighted by Gasteiger charge is 2.06. The molecular formula is C8H5Cl3N2O2. The summed E-state index contributed by atoms with van der Waals surface area (Å²) in [5.41, 5.74) is 0.212. The lowest BCUT2D eigenvalue weighted by atomic mass is 10.3. The highest BCUT2D eigenvalue weighted by molar-refractivity contribution is 6.41. The van der Waals surface area contributed by atoms with Crippen molar-refractivity contribution in [3.05, 3.63) is 27.2 Å². The van der Waals surface area contributed by atoms with Crippen LogP contribution in [0.2, 0.25) is 15.1 Å². The van der Waals surface area contributed by atoms with Crippen LogP contribution >= 0.6 is 34.8 Å². The second-order valence-electron chi connectivity index (χ2n) is 2.51. The summed E-state index contributed by atoms with van der Waals surface area (Å²) < 4.78 is 0. The van der Waals surface area contributed by atoms with E-state index in [1.807, 2.05) is 0 Å². The van der Waals surface area contributed by atoms with Crippen molar-refractivity contribution >= 4 is 46.5 Å². The lowest BCUT2D eigenvalue weighted by Crippen LogP contribution is -1.97. The summed E-state index contributed by atoms with van der Waals surface area (Å²) in [5.74, 6) is -1.08. The topological polar surface area (TPSA) is 62.0 Å². The standard InChI is InChI=1S/C8H5Cl3N2O2/c9-4-1-5(10)8(6(11)2-4)13-12-3-7(14)15/h1-2H,3H2,(H,14,15). The van der Waals surface area contributed by atoms with Crippen LogP contribution in [0.1, 0.15) is 0 Å². The van der Waals surface area contributed by atoms with E-state index in [0.717, 1.165) is 0 Å². The van der Waals surface area contributed by atoms with Gasteiger partial charge in [0.1, 0.15) is 5.69 Å². The fourth-order valence-corrected chi connectivity index (χ4v) is 1.69. The molecule has 0 radical (unpaired) electrons. The van der Waals surface area contributed by atoms with Gasteiger partial charge >= 0.3 is 5.97 Å². The molecule has 1 aromatic carbocycles. The highest BCUT2D eigenvalue weighted by Crippen LogP contribution is 2.35. The molecule has 7 heteroatoms. The zero-order valence-electron chi connectivity index (χ0n) is 7.25. The Balaban J connectivity index is 2.94. The Labute approximate surface area is 100 Å². The summed E-state index contributed by atoms with van der Waals surface area (Å²) in [4.78, 5) is 10.2. The van der Waals surface area contributed by atoms with Crippen molar-refractivity contribution in [1.29, 1.82) is 0 Å². The van der Waals surface area contributed by atoms with Gasteiger partial charge in [0.25, 0.3) is 0 Å². The second kappa shape index (κ2) is 5.30. The number of benzene rings is 1. The number of azo groups is 1. The number of nitrogens with zero attached hydrogens (tertiary/aromatic N) is 2. The number of hydrogen-bond acceptors (Lipinski definition) is 3. The molecule has 0 aliphatic rings. The fourth-order valence-electron chi connectivity index (χ4n) is 0.797. The Morgan fingerprint density at radius 3 is 2.27 bits per heavy atom. The van der Waals surface area contributed by atoms with E-state index in [0.29, 0.717) is 5.02 Å². The van der Waals surface area contributed by atoms with Crippen LogP contribution in [0.4, 0.5) is 5.69 Å². The first kappa shape index (κ1) is 12.2. The molecule has 0 atom stereocenters. The summed E-state index contributed by atoms with van der Waals surface area (Å²) in [6, 6.07) is 2.90. The maximum absolute atomic E-state index is 10.2. The van der Waals surface area contributed by atoms with Gasteiger partial charge in [-0.15, -0.1) is 0 Å². The van der Waals surface area contributed by atoms with Crippen LogP contribution in [0.3, 0.4) is 0 Å². The van der Waals surface area contributed by atoms with Gasteiger partial charge in [0, 0.05) is 5.02 Å². The molecule has 0 saturated heterocycles. The molecule has 4 nitrogen and oxygen atoms in total. The molecule has 0 aromatic heterocycles. The van der Waals surface area contributed by atoms with Gasteiger partial charge in [0.15, 0.2) is 6.54 Å². The maximum Gasteiger partial charge on any atom is 0.327 e. The number of carboxylic acids is 1. The number of carbonyl (C=O) groups is 1. The molecular weight excluding hydrogens is 262 g/mol. The van der Waals surface area contributed by atoms with Gasteiger partial charge in [0.2, 0.25) is 0 Å². The molecule has 0 fully saturated rings. The van der Waals surface area contributed by atoms with Crippen LogP contribution in [0.25, 0.3) is 0 Å². The number of rotatable bonds is 3. The van der Waals surface area contributed by atoms with E-state index in [4.69, 9.17) is 39.9 Å². The Morgan fingerprint density at radius 1 is 1.27 bits per heavy atom. The summed E-state index contributed by atoms with van der Waals surface area (Å²) in [6.07, 6.45) is 0. The first-order chi connectivity index (χ1) is 7.00. The van der Waals surface area contributed by atoms with Crippen LogP contribution in [-0.2, 0) is 4.79 Å². The zero-order valence-corrected chi connectivity index (χ0v) is 9.51. The zero-order chi connectivity index (χ0) is 11.4. The van der Waals surface area contributed by atoms with Crippen LogP contribution in [0.15, 0.2) is 22.4 Å². The molecule has 15 heavy (non-hydrogen) atoms. The van der Waals surface area contributed by atoms with Gasteiger partial charge < -0.3 is 5.11 Å². The summed E-state index contributed by atoms with van der Waals surface area (Å²) >= 11 is 17.2. The van der Waals surface area contributed by atoms with Gasteiger partial charge in [-0.05, 0) is 12.1 Å². The van der Waals surface area contributed by atoms with Crippen molar-refractivity contribution in [3.63, 3.8) is 0 Å². The molecule has 0 heterocycles. The minimum atomic E-state index is -1.08. The van der Waals surface area contributed by atoms with Crippen molar-refractivity contribution in [2.45, 2.75) is 0 Å². The number of hydrogen-bond donors (Lipinski definition) is 1. The minimum Gasteiger partial charge on any atom is -0.480 e. The molecule has 80 valence electrons. The molecule has 1 N–H and O–H groups in total. The molecule has 0 amide bonds. The molecule has 0 spiro atoms. The van der Waals surface area contributed by atoms with E-state index in [9.17, 15) is 4.79 Å². The first-order valence-corrected chi connectivity index (χ1v) is 4.88. The number of aliphatic carboxylic acids is 1. The average molecular weight is 267 g/mol. The van der Waals surface area contributed by atoms with Crippen LogP contribution in [0.5, 0.6) is 0 Å². The van der Waals surface area contributed by atoms with Gasteiger partial charge in [-0.3, -0.25) is 4.79 Å². The largest absolute Gasteiger partial charge is 0.480 e. The molecule has 1 aromatic rings. The van der Waals surface area contributed by atoms with Crippen molar-refractivity contribution in [2.75, 3.05) is 6.54 Å². The lowest BCUT2D eigenvalue weighted by Gasteiger charge is -2.00. The van der Waals surface area contributed by atoms with Crippen molar-refractivity contribution in [1.82, 2.24) is 0 Å². The Kier molecular flexibility index (Phi) is 4.32. The third kappa shape index (κ3) is 3.66.